The van der Waals surface area contributed by atoms with Crippen molar-refractivity contribution in [3.63, 3.8) is 0 Å². The number of nitrogens with one attached hydrogen (secondary N) is 1. The van der Waals surface area contributed by atoms with Crippen molar-refractivity contribution in [1.82, 2.24) is 15.1 Å². The molecule has 0 saturated carbocycles. The molecule has 2 aliphatic rings. The Balaban J connectivity index is 1.50. The molecule has 30 heavy (non-hydrogen) atoms. The highest BCUT2D eigenvalue weighted by atomic mass is 16.5. The fourth-order valence-electron chi connectivity index (χ4n) is 3.95. The van der Waals surface area contributed by atoms with Crippen molar-refractivity contribution in [2.75, 3.05) is 26.7 Å². The van der Waals surface area contributed by atoms with Gasteiger partial charge in [-0.3, -0.25) is 9.59 Å². The molecule has 0 aromatic heterocycles. The Bertz CT molecular complexity index is 784. The van der Waals surface area contributed by atoms with Gasteiger partial charge in [0.05, 0.1) is 7.11 Å². The predicted molar refractivity (Wildman–Crippen MR) is 106 cm³/mol. The van der Waals surface area contributed by atoms with E-state index in [0.717, 1.165) is 12.0 Å². The number of rotatable bonds is 6. The van der Waals surface area contributed by atoms with E-state index in [0.29, 0.717) is 32.4 Å². The molecule has 1 aromatic carbocycles. The lowest BCUT2D eigenvalue weighted by atomic mass is 10.1. The van der Waals surface area contributed by atoms with E-state index in [2.05, 4.69) is 5.32 Å². The van der Waals surface area contributed by atoms with E-state index in [1.807, 2.05) is 30.3 Å². The van der Waals surface area contributed by atoms with Gasteiger partial charge in [0.15, 0.2) is 0 Å². The van der Waals surface area contributed by atoms with Crippen LogP contribution in [-0.4, -0.2) is 72.5 Å². The zero-order valence-corrected chi connectivity index (χ0v) is 17.0. The third-order valence-electron chi connectivity index (χ3n) is 5.46. The molecule has 2 atom stereocenters. The molecule has 1 N–H and O–H groups in total. The lowest BCUT2D eigenvalue weighted by Gasteiger charge is -2.30. The summed E-state index contributed by atoms with van der Waals surface area (Å²) in [5, 5.41) is 2.44. The monoisotopic (exact) mass is 417 g/mol. The van der Waals surface area contributed by atoms with Gasteiger partial charge in [0.25, 0.3) is 0 Å². The van der Waals surface area contributed by atoms with Crippen LogP contribution in [0.5, 0.6) is 0 Å². The summed E-state index contributed by atoms with van der Waals surface area (Å²) < 4.78 is 9.90. The van der Waals surface area contributed by atoms with E-state index in [9.17, 15) is 19.2 Å². The summed E-state index contributed by atoms with van der Waals surface area (Å²) in [5.74, 6) is -1.02. The van der Waals surface area contributed by atoms with Gasteiger partial charge in [-0.15, -0.1) is 0 Å². The second kappa shape index (κ2) is 10.1. The van der Waals surface area contributed by atoms with Gasteiger partial charge in [0.2, 0.25) is 11.8 Å². The molecule has 2 saturated heterocycles. The molecule has 2 heterocycles. The fourth-order valence-corrected chi connectivity index (χ4v) is 3.95. The van der Waals surface area contributed by atoms with Gasteiger partial charge < -0.3 is 24.6 Å². The van der Waals surface area contributed by atoms with Crippen LogP contribution in [0.1, 0.15) is 31.2 Å². The first kappa shape index (κ1) is 21.6. The van der Waals surface area contributed by atoms with Crippen LogP contribution in [0.2, 0.25) is 0 Å². The maximum Gasteiger partial charge on any atom is 0.407 e. The summed E-state index contributed by atoms with van der Waals surface area (Å²) in [6, 6.07) is 8.00. The van der Waals surface area contributed by atoms with E-state index in [-0.39, 0.29) is 25.0 Å². The SMILES string of the molecule is COC(=O)[C@@H]1CCCN1C(=O)[C@@H]1CCCN1C(=O)CNC(=O)OCc1ccccc1. The van der Waals surface area contributed by atoms with Crippen molar-refractivity contribution in [2.24, 2.45) is 0 Å². The molecule has 162 valence electrons. The highest BCUT2D eigenvalue weighted by molar-refractivity contribution is 5.92. The van der Waals surface area contributed by atoms with Crippen LogP contribution in [0, 0.1) is 0 Å². The van der Waals surface area contributed by atoms with Crippen molar-refractivity contribution in [3.05, 3.63) is 35.9 Å². The Labute approximate surface area is 175 Å². The lowest BCUT2D eigenvalue weighted by Crippen LogP contribution is -2.52. The summed E-state index contributed by atoms with van der Waals surface area (Å²) in [6.45, 7) is 0.765. The second-order valence-corrected chi connectivity index (χ2v) is 7.37. The summed E-state index contributed by atoms with van der Waals surface area (Å²) >= 11 is 0. The summed E-state index contributed by atoms with van der Waals surface area (Å²) in [4.78, 5) is 52.4. The number of likely N-dealkylation sites (tertiary alicyclic amines) is 2. The van der Waals surface area contributed by atoms with Crippen LogP contribution in [0.25, 0.3) is 0 Å². The third kappa shape index (κ3) is 5.08. The van der Waals surface area contributed by atoms with Gasteiger partial charge in [-0.1, -0.05) is 30.3 Å². The topological polar surface area (TPSA) is 105 Å². The van der Waals surface area contributed by atoms with Crippen molar-refractivity contribution in [2.45, 2.75) is 44.4 Å². The second-order valence-electron chi connectivity index (χ2n) is 7.37. The Hall–Kier alpha value is -3.10. The zero-order valence-electron chi connectivity index (χ0n) is 17.0. The molecule has 9 heteroatoms. The van der Waals surface area contributed by atoms with E-state index >= 15 is 0 Å². The Kier molecular flexibility index (Phi) is 7.26. The Morgan fingerprint density at radius 1 is 1.00 bits per heavy atom. The summed E-state index contributed by atoms with van der Waals surface area (Å²) in [5.41, 5.74) is 0.843. The Morgan fingerprint density at radius 3 is 2.37 bits per heavy atom. The first-order chi connectivity index (χ1) is 14.5. The van der Waals surface area contributed by atoms with Gasteiger partial charge in [-0.05, 0) is 31.2 Å². The van der Waals surface area contributed by atoms with Gasteiger partial charge in [-0.25, -0.2) is 9.59 Å². The number of benzene rings is 1. The number of alkyl carbamates (subject to hydrolysis) is 1. The third-order valence-corrected chi connectivity index (χ3v) is 5.46. The number of hydrogen-bond donors (Lipinski definition) is 1. The maximum atomic E-state index is 13.0. The molecule has 9 nitrogen and oxygen atoms in total. The minimum atomic E-state index is -0.695. The standard InChI is InChI=1S/C21H27N3O6/c1-29-20(27)17-10-6-12-24(17)19(26)16-9-5-11-23(16)18(25)13-22-21(28)30-14-15-7-3-2-4-8-15/h2-4,7-8,16-17H,5-6,9-14H2,1H3,(H,22,28)/t16-,17-/m0/s1. The molecule has 0 bridgehead atoms. The summed E-state index contributed by atoms with van der Waals surface area (Å²) in [7, 11) is 1.30. The number of ether oxygens (including phenoxy) is 2. The molecular weight excluding hydrogens is 390 g/mol. The van der Waals surface area contributed by atoms with Gasteiger partial charge in [0, 0.05) is 13.1 Å². The molecule has 3 rings (SSSR count). The van der Waals surface area contributed by atoms with Crippen molar-refractivity contribution in [3.8, 4) is 0 Å². The van der Waals surface area contributed by atoms with Gasteiger partial charge in [0.1, 0.15) is 25.2 Å². The molecular formula is C21H27N3O6. The number of hydrogen-bond acceptors (Lipinski definition) is 6. The molecule has 0 aliphatic carbocycles. The van der Waals surface area contributed by atoms with E-state index < -0.39 is 24.1 Å². The molecule has 2 fully saturated rings. The Morgan fingerprint density at radius 2 is 1.67 bits per heavy atom. The molecule has 2 aliphatic heterocycles. The molecule has 0 unspecified atom stereocenters. The highest BCUT2D eigenvalue weighted by Crippen LogP contribution is 2.25. The average Bonchev–Trinajstić information content (AvgIpc) is 3.45. The quantitative estimate of drug-likeness (QED) is 0.694. The first-order valence-electron chi connectivity index (χ1n) is 10.1. The van der Waals surface area contributed by atoms with Crippen LogP contribution < -0.4 is 5.32 Å². The van der Waals surface area contributed by atoms with E-state index in [1.54, 1.807) is 0 Å². The maximum absolute atomic E-state index is 13.0. The minimum absolute atomic E-state index is 0.107. The van der Waals surface area contributed by atoms with Gasteiger partial charge in [-0.2, -0.15) is 0 Å². The number of carbonyl (C=O) groups excluding carboxylic acids is 4. The van der Waals surface area contributed by atoms with E-state index in [4.69, 9.17) is 9.47 Å². The van der Waals surface area contributed by atoms with Crippen LogP contribution in [0.15, 0.2) is 30.3 Å². The molecule has 0 radical (unpaired) electrons. The minimum Gasteiger partial charge on any atom is -0.467 e. The average molecular weight is 417 g/mol. The predicted octanol–water partition coefficient (Wildman–Crippen LogP) is 1.07. The lowest BCUT2D eigenvalue weighted by molar-refractivity contribution is -0.153. The smallest absolute Gasteiger partial charge is 0.407 e. The van der Waals surface area contributed by atoms with Crippen molar-refractivity contribution in [1.29, 1.82) is 0 Å². The van der Waals surface area contributed by atoms with Crippen LogP contribution in [0.3, 0.4) is 0 Å². The number of nitrogens with zero attached hydrogens (tertiary/aromatic N) is 2. The van der Waals surface area contributed by atoms with Gasteiger partial charge >= 0.3 is 12.1 Å². The van der Waals surface area contributed by atoms with Crippen molar-refractivity contribution < 1.29 is 28.7 Å². The van der Waals surface area contributed by atoms with Crippen LogP contribution in [-0.2, 0) is 30.5 Å². The highest BCUT2D eigenvalue weighted by Gasteiger charge is 2.42. The first-order valence-corrected chi connectivity index (χ1v) is 10.1. The number of carbonyl (C=O) groups is 4. The number of methoxy groups -OCH3 is 1. The van der Waals surface area contributed by atoms with Crippen molar-refractivity contribution >= 4 is 23.9 Å². The summed E-state index contributed by atoms with van der Waals surface area (Å²) in [6.07, 6.45) is 1.82. The number of esters is 1. The fraction of sp³-hybridized carbons (Fsp3) is 0.524. The zero-order chi connectivity index (χ0) is 21.5. The van der Waals surface area contributed by atoms with E-state index in [1.165, 1.54) is 16.9 Å². The molecule has 1 aromatic rings. The van der Waals surface area contributed by atoms with Crippen LogP contribution >= 0.6 is 0 Å². The van der Waals surface area contributed by atoms with Crippen LogP contribution in [0.4, 0.5) is 4.79 Å². The number of amides is 3. The normalized spacial score (nSPS) is 20.7. The largest absolute Gasteiger partial charge is 0.467 e. The molecule has 3 amide bonds. The molecule has 0 spiro atoms.